The van der Waals surface area contributed by atoms with Crippen LogP contribution in [0.3, 0.4) is 0 Å². The number of anilines is 1. The van der Waals surface area contributed by atoms with Crippen LogP contribution in [0.15, 0.2) is 21.6 Å². The largest absolute Gasteiger partial charge is 0.380 e. The van der Waals surface area contributed by atoms with Crippen LogP contribution >= 0.6 is 15.9 Å². The van der Waals surface area contributed by atoms with E-state index in [-0.39, 0.29) is 16.8 Å². The number of nitrogen functional groups attached to an aromatic ring is 1. The van der Waals surface area contributed by atoms with E-state index in [0.717, 1.165) is 0 Å². The summed E-state index contributed by atoms with van der Waals surface area (Å²) in [7, 11) is -3.72. The van der Waals surface area contributed by atoms with E-state index in [2.05, 4.69) is 31.1 Å². The zero-order valence-electron chi connectivity index (χ0n) is 10.7. The van der Waals surface area contributed by atoms with E-state index in [9.17, 15) is 8.42 Å². The van der Waals surface area contributed by atoms with Gasteiger partial charge in [0.2, 0.25) is 10.0 Å². The molecule has 0 aliphatic rings. The molecule has 9 heteroatoms. The van der Waals surface area contributed by atoms with Crippen LogP contribution in [0.2, 0.25) is 0 Å². The van der Waals surface area contributed by atoms with Gasteiger partial charge in [-0.2, -0.15) is 0 Å². The summed E-state index contributed by atoms with van der Waals surface area (Å²) in [4.78, 5) is 3.88. The van der Waals surface area contributed by atoms with Gasteiger partial charge in [0.05, 0.1) is 6.61 Å². The van der Waals surface area contributed by atoms with Gasteiger partial charge in [0.25, 0.3) is 0 Å². The van der Waals surface area contributed by atoms with Crippen LogP contribution < -0.4 is 16.0 Å². The van der Waals surface area contributed by atoms with Gasteiger partial charge in [0, 0.05) is 23.3 Å². The van der Waals surface area contributed by atoms with Gasteiger partial charge in [-0.25, -0.2) is 24.0 Å². The van der Waals surface area contributed by atoms with E-state index in [1.54, 1.807) is 6.92 Å². The molecule has 0 saturated carbocycles. The van der Waals surface area contributed by atoms with Crippen LogP contribution in [0.4, 0.5) is 5.82 Å². The minimum Gasteiger partial charge on any atom is -0.380 e. The Bertz CT molecular complexity index is 524. The molecule has 1 rings (SSSR count). The molecule has 19 heavy (non-hydrogen) atoms. The highest BCUT2D eigenvalue weighted by Gasteiger charge is 2.22. The Morgan fingerprint density at radius 1 is 1.58 bits per heavy atom. The molecule has 1 heterocycles. The second-order valence-electron chi connectivity index (χ2n) is 3.83. The van der Waals surface area contributed by atoms with Crippen molar-refractivity contribution in [3.8, 4) is 0 Å². The van der Waals surface area contributed by atoms with Crippen molar-refractivity contribution in [1.82, 2.24) is 9.71 Å². The zero-order valence-corrected chi connectivity index (χ0v) is 13.1. The van der Waals surface area contributed by atoms with Crippen LogP contribution in [0.25, 0.3) is 0 Å². The Morgan fingerprint density at radius 2 is 2.26 bits per heavy atom. The number of ether oxygens (including phenoxy) is 1. The fourth-order valence-corrected chi connectivity index (χ4v) is 3.25. The van der Waals surface area contributed by atoms with Crippen molar-refractivity contribution in [2.75, 3.05) is 18.6 Å². The summed E-state index contributed by atoms with van der Waals surface area (Å²) < 4.78 is 32.6. The molecule has 0 aliphatic carbocycles. The highest BCUT2D eigenvalue weighted by Crippen LogP contribution is 2.22. The predicted octanol–water partition coefficient (Wildman–Crippen LogP) is 0.833. The van der Waals surface area contributed by atoms with Gasteiger partial charge >= 0.3 is 0 Å². The predicted molar refractivity (Wildman–Crippen MR) is 76.0 cm³/mol. The van der Waals surface area contributed by atoms with E-state index < -0.39 is 10.0 Å². The minimum absolute atomic E-state index is 0.0206. The number of hydrogen-bond donors (Lipinski definition) is 3. The molecule has 7 nitrogen and oxygen atoms in total. The summed E-state index contributed by atoms with van der Waals surface area (Å²) >= 11 is 3.18. The molecular weight excluding hydrogens is 336 g/mol. The maximum absolute atomic E-state index is 12.2. The van der Waals surface area contributed by atoms with E-state index in [4.69, 9.17) is 10.6 Å². The lowest BCUT2D eigenvalue weighted by atomic mass is 10.4. The fourth-order valence-electron chi connectivity index (χ4n) is 1.39. The average molecular weight is 353 g/mol. The molecule has 1 atom stereocenters. The third-order valence-electron chi connectivity index (χ3n) is 2.17. The summed E-state index contributed by atoms with van der Waals surface area (Å²) in [6, 6.07) is 1.08. The zero-order chi connectivity index (χ0) is 14.5. The number of rotatable bonds is 7. The number of aromatic nitrogens is 1. The second-order valence-corrected chi connectivity index (χ2v) is 6.42. The molecule has 0 bridgehead atoms. The van der Waals surface area contributed by atoms with E-state index in [1.807, 2.05) is 6.92 Å². The fraction of sp³-hybridized carbons (Fsp3) is 0.500. The summed E-state index contributed by atoms with van der Waals surface area (Å²) in [5.74, 6) is 5.35. The first-order valence-corrected chi connectivity index (χ1v) is 7.90. The van der Waals surface area contributed by atoms with Crippen LogP contribution in [0, 0.1) is 0 Å². The highest BCUT2D eigenvalue weighted by molar-refractivity contribution is 9.10. The van der Waals surface area contributed by atoms with E-state index in [1.165, 1.54) is 12.3 Å². The minimum atomic E-state index is -3.72. The first kappa shape index (κ1) is 16.3. The quantitative estimate of drug-likeness (QED) is 0.495. The summed E-state index contributed by atoms with van der Waals surface area (Å²) in [5, 5.41) is 0. The van der Waals surface area contributed by atoms with Crippen molar-refractivity contribution in [3.05, 3.63) is 16.7 Å². The molecule has 1 unspecified atom stereocenters. The van der Waals surface area contributed by atoms with Crippen LogP contribution in [0.5, 0.6) is 0 Å². The molecule has 1 aromatic rings. The Kier molecular flexibility index (Phi) is 6.14. The molecule has 0 amide bonds. The first-order valence-electron chi connectivity index (χ1n) is 5.63. The van der Waals surface area contributed by atoms with Crippen molar-refractivity contribution >= 4 is 31.8 Å². The molecule has 0 radical (unpaired) electrons. The molecule has 4 N–H and O–H groups in total. The molecular formula is C10H17BrN4O3S. The van der Waals surface area contributed by atoms with Crippen LogP contribution in [-0.4, -0.2) is 32.7 Å². The lowest BCUT2D eigenvalue weighted by Crippen LogP contribution is -2.36. The van der Waals surface area contributed by atoms with E-state index >= 15 is 0 Å². The molecule has 0 fully saturated rings. The lowest BCUT2D eigenvalue weighted by Gasteiger charge is -2.15. The first-order chi connectivity index (χ1) is 8.90. The maximum atomic E-state index is 12.2. The number of pyridine rings is 1. The Balaban J connectivity index is 2.96. The number of hydrazine groups is 1. The SMILES string of the molecule is CCOCC(C)NS(=O)(=O)c1cc(Br)cnc1NN. The Labute approximate surface area is 121 Å². The van der Waals surface area contributed by atoms with Gasteiger partial charge in [0.1, 0.15) is 4.90 Å². The highest BCUT2D eigenvalue weighted by atomic mass is 79.9. The number of nitrogens with zero attached hydrogens (tertiary/aromatic N) is 1. The maximum Gasteiger partial charge on any atom is 0.244 e. The van der Waals surface area contributed by atoms with E-state index in [0.29, 0.717) is 17.7 Å². The van der Waals surface area contributed by atoms with Crippen LogP contribution in [-0.2, 0) is 14.8 Å². The summed E-state index contributed by atoms with van der Waals surface area (Å²) in [6.45, 7) is 4.38. The number of nitrogens with one attached hydrogen (secondary N) is 2. The van der Waals surface area contributed by atoms with Gasteiger partial charge in [-0.05, 0) is 35.8 Å². The number of hydrogen-bond acceptors (Lipinski definition) is 6. The lowest BCUT2D eigenvalue weighted by molar-refractivity contribution is 0.133. The molecule has 1 aromatic heterocycles. The Hall–Kier alpha value is -0.740. The normalized spacial score (nSPS) is 13.3. The number of nitrogens with two attached hydrogens (primary N) is 1. The smallest absolute Gasteiger partial charge is 0.244 e. The van der Waals surface area contributed by atoms with Gasteiger partial charge in [-0.1, -0.05) is 0 Å². The molecule has 0 saturated heterocycles. The van der Waals surface area contributed by atoms with Crippen molar-refractivity contribution < 1.29 is 13.2 Å². The Morgan fingerprint density at radius 3 is 2.84 bits per heavy atom. The molecule has 108 valence electrons. The van der Waals surface area contributed by atoms with Gasteiger partial charge < -0.3 is 10.2 Å². The monoisotopic (exact) mass is 352 g/mol. The van der Waals surface area contributed by atoms with Crippen molar-refractivity contribution in [3.63, 3.8) is 0 Å². The third-order valence-corrected chi connectivity index (χ3v) is 4.21. The number of halogens is 1. The van der Waals surface area contributed by atoms with Gasteiger partial charge in [-0.15, -0.1) is 0 Å². The standard InChI is InChI=1S/C10H17BrN4O3S/c1-3-18-6-7(2)15-19(16,17)9-4-8(11)5-13-10(9)14-12/h4-5,7,15H,3,6,12H2,1-2H3,(H,13,14). The molecule has 0 aliphatic heterocycles. The van der Waals surface area contributed by atoms with Crippen molar-refractivity contribution in [1.29, 1.82) is 0 Å². The van der Waals surface area contributed by atoms with Crippen molar-refractivity contribution in [2.24, 2.45) is 5.84 Å². The summed E-state index contributed by atoms with van der Waals surface area (Å²) in [6.07, 6.45) is 1.46. The summed E-state index contributed by atoms with van der Waals surface area (Å²) in [5.41, 5.74) is 2.26. The molecule has 0 spiro atoms. The second kappa shape index (κ2) is 7.15. The number of sulfonamides is 1. The van der Waals surface area contributed by atoms with Gasteiger partial charge in [0.15, 0.2) is 5.82 Å². The average Bonchev–Trinajstić information content (AvgIpc) is 2.35. The topological polar surface area (TPSA) is 106 Å². The molecule has 0 aromatic carbocycles. The van der Waals surface area contributed by atoms with Crippen molar-refractivity contribution in [2.45, 2.75) is 24.8 Å². The van der Waals surface area contributed by atoms with Crippen LogP contribution in [0.1, 0.15) is 13.8 Å². The third kappa shape index (κ3) is 4.69. The van der Waals surface area contributed by atoms with Gasteiger partial charge in [-0.3, -0.25) is 0 Å².